The molecule has 0 saturated heterocycles. The molecule has 3 atom stereocenters. The van der Waals surface area contributed by atoms with Gasteiger partial charge < -0.3 is 5.32 Å². The lowest BCUT2D eigenvalue weighted by molar-refractivity contribution is 0.295. The molecule has 2 heteroatoms. The van der Waals surface area contributed by atoms with Gasteiger partial charge in [-0.3, -0.25) is 0 Å². The Morgan fingerprint density at radius 2 is 2.00 bits per heavy atom. The van der Waals surface area contributed by atoms with Gasteiger partial charge in [0.05, 0.1) is 0 Å². The third-order valence-electron chi connectivity index (χ3n) is 3.78. The minimum atomic E-state index is 0.779. The topological polar surface area (TPSA) is 12.0 Å². The lowest BCUT2D eigenvalue weighted by atomic mass is 9.84. The first-order chi connectivity index (χ1) is 8.17. The van der Waals surface area contributed by atoms with Crippen molar-refractivity contribution in [3.05, 3.63) is 0 Å². The summed E-state index contributed by atoms with van der Waals surface area (Å²) in [7, 11) is 0. The largest absolute Gasteiger partial charge is 0.313 e. The molecule has 0 spiro atoms. The van der Waals surface area contributed by atoms with E-state index in [0.29, 0.717) is 0 Å². The van der Waals surface area contributed by atoms with E-state index in [1.165, 1.54) is 44.4 Å². The predicted molar refractivity (Wildman–Crippen MR) is 80.8 cm³/mol. The molecule has 0 aliphatic heterocycles. The molecule has 0 aromatic carbocycles. The van der Waals surface area contributed by atoms with E-state index in [4.69, 9.17) is 0 Å². The van der Waals surface area contributed by atoms with Crippen molar-refractivity contribution in [2.24, 2.45) is 11.8 Å². The van der Waals surface area contributed by atoms with E-state index in [1.807, 2.05) is 0 Å². The maximum absolute atomic E-state index is 3.77. The average molecular weight is 257 g/mol. The Morgan fingerprint density at radius 3 is 2.59 bits per heavy atom. The summed E-state index contributed by atoms with van der Waals surface area (Å²) in [5.41, 5.74) is 0. The van der Waals surface area contributed by atoms with Gasteiger partial charge in [0.15, 0.2) is 0 Å². The second-order valence-corrected chi connectivity index (χ2v) is 7.19. The first kappa shape index (κ1) is 15.4. The third-order valence-corrected chi connectivity index (χ3v) is 5.59. The van der Waals surface area contributed by atoms with Gasteiger partial charge >= 0.3 is 0 Å². The molecule has 0 amide bonds. The standard InChI is InChI=1S/C15H31NS/c1-5-9-16-14-8-7-13(6-2)10-15(14)17-11-12(3)4/h12-16H,5-11H2,1-4H3. The molecule has 0 heterocycles. The molecule has 0 aromatic rings. The monoisotopic (exact) mass is 257 g/mol. The highest BCUT2D eigenvalue weighted by molar-refractivity contribution is 7.99. The zero-order valence-corrected chi connectivity index (χ0v) is 13.0. The summed E-state index contributed by atoms with van der Waals surface area (Å²) < 4.78 is 0. The number of hydrogen-bond donors (Lipinski definition) is 1. The van der Waals surface area contributed by atoms with Crippen molar-refractivity contribution in [3.8, 4) is 0 Å². The van der Waals surface area contributed by atoms with Crippen LogP contribution in [0.25, 0.3) is 0 Å². The summed E-state index contributed by atoms with van der Waals surface area (Å²) in [4.78, 5) is 0. The van der Waals surface area contributed by atoms with Gasteiger partial charge in [-0.2, -0.15) is 11.8 Å². The normalized spacial score (nSPS) is 29.8. The zero-order valence-electron chi connectivity index (χ0n) is 12.2. The minimum Gasteiger partial charge on any atom is -0.313 e. The highest BCUT2D eigenvalue weighted by Gasteiger charge is 2.29. The zero-order chi connectivity index (χ0) is 12.7. The van der Waals surface area contributed by atoms with Crippen LogP contribution in [-0.4, -0.2) is 23.6 Å². The van der Waals surface area contributed by atoms with Gasteiger partial charge in [0.25, 0.3) is 0 Å². The Bertz CT molecular complexity index is 193. The van der Waals surface area contributed by atoms with Gasteiger partial charge in [-0.15, -0.1) is 0 Å². The maximum Gasteiger partial charge on any atom is 0.0203 e. The van der Waals surface area contributed by atoms with Gasteiger partial charge in [0.2, 0.25) is 0 Å². The fourth-order valence-electron chi connectivity index (χ4n) is 2.65. The summed E-state index contributed by atoms with van der Waals surface area (Å²) >= 11 is 2.22. The van der Waals surface area contributed by atoms with Crippen LogP contribution in [0.3, 0.4) is 0 Å². The van der Waals surface area contributed by atoms with Crippen LogP contribution in [0, 0.1) is 11.8 Å². The number of rotatable bonds is 7. The lowest BCUT2D eigenvalue weighted by Gasteiger charge is -2.36. The van der Waals surface area contributed by atoms with Gasteiger partial charge in [-0.25, -0.2) is 0 Å². The molecule has 1 rings (SSSR count). The molecule has 1 aliphatic rings. The van der Waals surface area contributed by atoms with E-state index in [0.717, 1.165) is 23.1 Å². The summed E-state index contributed by atoms with van der Waals surface area (Å²) in [6, 6.07) is 0.779. The summed E-state index contributed by atoms with van der Waals surface area (Å²) in [5.74, 6) is 3.14. The second-order valence-electron chi connectivity index (χ2n) is 5.91. The molecule has 1 fully saturated rings. The molecule has 17 heavy (non-hydrogen) atoms. The predicted octanol–water partition coefficient (Wildman–Crippen LogP) is 4.32. The highest BCUT2D eigenvalue weighted by Crippen LogP contribution is 2.34. The van der Waals surface area contributed by atoms with Gasteiger partial charge in [0.1, 0.15) is 0 Å². The van der Waals surface area contributed by atoms with Gasteiger partial charge in [-0.1, -0.05) is 34.1 Å². The Hall–Kier alpha value is 0.310. The molecular weight excluding hydrogens is 226 g/mol. The van der Waals surface area contributed by atoms with Crippen LogP contribution in [0.15, 0.2) is 0 Å². The van der Waals surface area contributed by atoms with Crippen LogP contribution < -0.4 is 5.32 Å². The van der Waals surface area contributed by atoms with Crippen LogP contribution in [0.5, 0.6) is 0 Å². The summed E-state index contributed by atoms with van der Waals surface area (Å²) in [5, 5.41) is 4.63. The van der Waals surface area contributed by atoms with E-state index < -0.39 is 0 Å². The Morgan fingerprint density at radius 1 is 1.24 bits per heavy atom. The Labute approximate surface area is 113 Å². The molecule has 3 unspecified atom stereocenters. The van der Waals surface area contributed by atoms with Crippen LogP contribution in [-0.2, 0) is 0 Å². The molecule has 102 valence electrons. The van der Waals surface area contributed by atoms with Crippen molar-refractivity contribution in [1.29, 1.82) is 0 Å². The van der Waals surface area contributed by atoms with Gasteiger partial charge in [0, 0.05) is 11.3 Å². The number of nitrogens with one attached hydrogen (secondary N) is 1. The first-order valence-corrected chi connectivity index (χ1v) is 8.57. The SMILES string of the molecule is CCCNC1CCC(CC)CC1SCC(C)C. The molecule has 0 bridgehead atoms. The van der Waals surface area contributed by atoms with Crippen molar-refractivity contribution < 1.29 is 0 Å². The van der Waals surface area contributed by atoms with Crippen molar-refractivity contribution in [2.45, 2.75) is 71.1 Å². The molecule has 1 nitrogen and oxygen atoms in total. The summed E-state index contributed by atoms with van der Waals surface area (Å²) in [6.45, 7) is 10.5. The van der Waals surface area contributed by atoms with Crippen molar-refractivity contribution in [2.75, 3.05) is 12.3 Å². The fraction of sp³-hybridized carbons (Fsp3) is 1.00. The van der Waals surface area contributed by atoms with E-state index in [1.54, 1.807) is 0 Å². The molecule has 0 aromatic heterocycles. The fourth-order valence-corrected chi connectivity index (χ4v) is 4.15. The molecule has 1 aliphatic carbocycles. The molecular formula is C15H31NS. The van der Waals surface area contributed by atoms with Crippen molar-refractivity contribution in [3.63, 3.8) is 0 Å². The minimum absolute atomic E-state index is 0.779. The van der Waals surface area contributed by atoms with E-state index >= 15 is 0 Å². The Balaban J connectivity index is 2.42. The quantitative estimate of drug-likeness (QED) is 0.729. The third kappa shape index (κ3) is 5.65. The second kappa shape index (κ2) is 8.42. The van der Waals surface area contributed by atoms with Crippen LogP contribution >= 0.6 is 11.8 Å². The molecule has 1 saturated carbocycles. The smallest absolute Gasteiger partial charge is 0.0203 e. The number of thioether (sulfide) groups is 1. The number of hydrogen-bond acceptors (Lipinski definition) is 2. The Kier molecular flexibility index (Phi) is 7.61. The summed E-state index contributed by atoms with van der Waals surface area (Å²) in [6.07, 6.45) is 6.91. The molecule has 0 radical (unpaired) electrons. The van der Waals surface area contributed by atoms with Crippen LogP contribution in [0.2, 0.25) is 0 Å². The van der Waals surface area contributed by atoms with E-state index in [2.05, 4.69) is 44.8 Å². The van der Waals surface area contributed by atoms with Crippen molar-refractivity contribution in [1.82, 2.24) is 5.32 Å². The van der Waals surface area contributed by atoms with E-state index in [-0.39, 0.29) is 0 Å². The van der Waals surface area contributed by atoms with Crippen LogP contribution in [0.4, 0.5) is 0 Å². The van der Waals surface area contributed by atoms with Crippen molar-refractivity contribution >= 4 is 11.8 Å². The lowest BCUT2D eigenvalue weighted by Crippen LogP contribution is -2.43. The highest BCUT2D eigenvalue weighted by atomic mass is 32.2. The average Bonchev–Trinajstić information content (AvgIpc) is 2.34. The van der Waals surface area contributed by atoms with Gasteiger partial charge in [-0.05, 0) is 49.8 Å². The van der Waals surface area contributed by atoms with E-state index in [9.17, 15) is 0 Å². The van der Waals surface area contributed by atoms with Crippen LogP contribution in [0.1, 0.15) is 59.8 Å². The molecule has 1 N–H and O–H groups in total. The first-order valence-electron chi connectivity index (χ1n) is 7.52. The maximum atomic E-state index is 3.77.